The molecule has 0 aliphatic carbocycles. The molecule has 0 saturated carbocycles. The fourth-order valence-corrected chi connectivity index (χ4v) is 0.724. The van der Waals surface area contributed by atoms with Crippen LogP contribution in [-0.2, 0) is 19.1 Å². The average Bonchev–Trinajstić information content (AvgIpc) is 2.16. The molecule has 6 nitrogen and oxygen atoms in total. The molecule has 0 aromatic carbocycles. The van der Waals surface area contributed by atoms with Crippen molar-refractivity contribution in [1.82, 2.24) is 10.9 Å². The first-order chi connectivity index (χ1) is 6.61. The number of hydrogen-bond donors (Lipinski definition) is 2. The van der Waals surface area contributed by atoms with Crippen LogP contribution in [0.1, 0.15) is 13.8 Å². The second-order valence-electron chi connectivity index (χ2n) is 2.55. The lowest BCUT2D eigenvalue weighted by atomic mass is 10.4. The van der Waals surface area contributed by atoms with Crippen LogP contribution in [-0.4, -0.2) is 38.2 Å². The van der Waals surface area contributed by atoms with E-state index in [0.717, 1.165) is 0 Å². The number of carbonyl (C=O) groups excluding carboxylic acids is 2. The van der Waals surface area contributed by atoms with Gasteiger partial charge in [-0.25, -0.2) is 10.9 Å². The molecule has 0 heterocycles. The van der Waals surface area contributed by atoms with Crippen molar-refractivity contribution >= 4 is 11.9 Å². The Bertz CT molecular complexity index is 196. The third-order valence-electron chi connectivity index (χ3n) is 1.41. The summed E-state index contributed by atoms with van der Waals surface area (Å²) in [6, 6.07) is -0.505. The van der Waals surface area contributed by atoms with Gasteiger partial charge in [0.05, 0.1) is 13.7 Å². The van der Waals surface area contributed by atoms with Gasteiger partial charge < -0.3 is 9.47 Å². The van der Waals surface area contributed by atoms with E-state index in [2.05, 4.69) is 20.3 Å². The molecule has 0 saturated heterocycles. The van der Waals surface area contributed by atoms with Crippen LogP contribution in [0.5, 0.6) is 0 Å². The standard InChI is InChI=1S/C8H16N2O4/c1-4-14-7(11)5-9-10-6(2)8(12)13-3/h6,9-10H,4-5H2,1-3H3. The van der Waals surface area contributed by atoms with Crippen molar-refractivity contribution in [2.75, 3.05) is 20.3 Å². The summed E-state index contributed by atoms with van der Waals surface area (Å²) in [7, 11) is 1.30. The van der Waals surface area contributed by atoms with Crippen molar-refractivity contribution < 1.29 is 19.1 Å². The number of nitrogens with one attached hydrogen (secondary N) is 2. The van der Waals surface area contributed by atoms with Gasteiger partial charge in [0.2, 0.25) is 0 Å². The van der Waals surface area contributed by atoms with Gasteiger partial charge in [-0.2, -0.15) is 0 Å². The van der Waals surface area contributed by atoms with Gasteiger partial charge in [0, 0.05) is 0 Å². The molecule has 0 aromatic rings. The number of esters is 2. The Kier molecular flexibility index (Phi) is 6.69. The third kappa shape index (κ3) is 5.50. The van der Waals surface area contributed by atoms with E-state index in [1.165, 1.54) is 7.11 Å². The van der Waals surface area contributed by atoms with Crippen LogP contribution in [0.4, 0.5) is 0 Å². The van der Waals surface area contributed by atoms with E-state index in [-0.39, 0.29) is 12.5 Å². The Labute approximate surface area is 82.9 Å². The second-order valence-corrected chi connectivity index (χ2v) is 2.55. The van der Waals surface area contributed by atoms with E-state index >= 15 is 0 Å². The van der Waals surface area contributed by atoms with Crippen molar-refractivity contribution in [1.29, 1.82) is 0 Å². The third-order valence-corrected chi connectivity index (χ3v) is 1.41. The molecule has 0 bridgehead atoms. The van der Waals surface area contributed by atoms with Gasteiger partial charge in [0.1, 0.15) is 12.6 Å². The quantitative estimate of drug-likeness (QED) is 0.436. The van der Waals surface area contributed by atoms with Crippen molar-refractivity contribution in [3.8, 4) is 0 Å². The van der Waals surface area contributed by atoms with E-state index in [1.54, 1.807) is 13.8 Å². The molecule has 0 spiro atoms. The highest BCUT2D eigenvalue weighted by Crippen LogP contribution is 1.82. The Morgan fingerprint density at radius 3 is 2.57 bits per heavy atom. The lowest BCUT2D eigenvalue weighted by Gasteiger charge is -2.11. The first-order valence-electron chi connectivity index (χ1n) is 4.33. The van der Waals surface area contributed by atoms with Crippen LogP contribution in [0.25, 0.3) is 0 Å². The highest BCUT2D eigenvalue weighted by Gasteiger charge is 2.11. The Morgan fingerprint density at radius 1 is 1.43 bits per heavy atom. The summed E-state index contributed by atoms with van der Waals surface area (Å²) in [6.07, 6.45) is 0. The molecule has 1 unspecified atom stereocenters. The summed E-state index contributed by atoms with van der Waals surface area (Å²) >= 11 is 0. The molecule has 2 N–H and O–H groups in total. The zero-order chi connectivity index (χ0) is 11.0. The van der Waals surface area contributed by atoms with E-state index in [9.17, 15) is 9.59 Å². The Hall–Kier alpha value is -1.14. The maximum absolute atomic E-state index is 10.9. The molecule has 0 rings (SSSR count). The van der Waals surface area contributed by atoms with Crippen LogP contribution in [0.2, 0.25) is 0 Å². The topological polar surface area (TPSA) is 76.7 Å². The van der Waals surface area contributed by atoms with Gasteiger partial charge in [0.15, 0.2) is 0 Å². The van der Waals surface area contributed by atoms with Gasteiger partial charge in [0.25, 0.3) is 0 Å². The SMILES string of the molecule is CCOC(=O)CNNC(C)C(=O)OC. The van der Waals surface area contributed by atoms with E-state index < -0.39 is 12.0 Å². The normalized spacial score (nSPS) is 11.9. The molecule has 6 heteroatoms. The van der Waals surface area contributed by atoms with Gasteiger partial charge in [-0.3, -0.25) is 9.59 Å². The van der Waals surface area contributed by atoms with Crippen LogP contribution in [0, 0.1) is 0 Å². The number of ether oxygens (including phenoxy) is 2. The second kappa shape index (κ2) is 7.28. The highest BCUT2D eigenvalue weighted by atomic mass is 16.5. The largest absolute Gasteiger partial charge is 0.468 e. The molecule has 0 amide bonds. The van der Waals surface area contributed by atoms with Crippen LogP contribution >= 0.6 is 0 Å². The molecule has 82 valence electrons. The molecule has 14 heavy (non-hydrogen) atoms. The fraction of sp³-hybridized carbons (Fsp3) is 0.750. The Balaban J connectivity index is 3.53. The van der Waals surface area contributed by atoms with Crippen molar-refractivity contribution in [3.05, 3.63) is 0 Å². The highest BCUT2D eigenvalue weighted by molar-refractivity contribution is 5.75. The molecule has 0 aliphatic heterocycles. The van der Waals surface area contributed by atoms with Gasteiger partial charge >= 0.3 is 11.9 Å². The van der Waals surface area contributed by atoms with Gasteiger partial charge in [-0.15, -0.1) is 0 Å². The first-order valence-corrected chi connectivity index (χ1v) is 4.33. The molecular weight excluding hydrogens is 188 g/mol. The van der Waals surface area contributed by atoms with Crippen LogP contribution in [0.3, 0.4) is 0 Å². The van der Waals surface area contributed by atoms with Crippen molar-refractivity contribution in [3.63, 3.8) is 0 Å². The summed E-state index contributed by atoms with van der Waals surface area (Å²) in [4.78, 5) is 21.7. The molecule has 0 aromatic heterocycles. The number of rotatable bonds is 6. The maximum atomic E-state index is 10.9. The predicted molar refractivity (Wildman–Crippen MR) is 49.2 cm³/mol. The minimum absolute atomic E-state index is 0.00910. The van der Waals surface area contributed by atoms with E-state index in [1.807, 2.05) is 0 Å². The number of carbonyl (C=O) groups is 2. The predicted octanol–water partition coefficient (Wildman–Crippen LogP) is -0.795. The monoisotopic (exact) mass is 204 g/mol. The lowest BCUT2D eigenvalue weighted by Crippen LogP contribution is -2.46. The van der Waals surface area contributed by atoms with Crippen LogP contribution in [0.15, 0.2) is 0 Å². The summed E-state index contributed by atoms with van der Waals surface area (Å²) in [5.74, 6) is -0.779. The number of hydrogen-bond acceptors (Lipinski definition) is 6. The molecular formula is C8H16N2O4. The lowest BCUT2D eigenvalue weighted by molar-refractivity contribution is -0.145. The zero-order valence-electron chi connectivity index (χ0n) is 8.62. The summed E-state index contributed by atoms with van der Waals surface area (Å²) in [6.45, 7) is 3.69. The summed E-state index contributed by atoms with van der Waals surface area (Å²) in [5, 5.41) is 0. The van der Waals surface area contributed by atoms with Crippen LogP contribution < -0.4 is 10.9 Å². The van der Waals surface area contributed by atoms with Crippen molar-refractivity contribution in [2.45, 2.75) is 19.9 Å². The minimum Gasteiger partial charge on any atom is -0.468 e. The Morgan fingerprint density at radius 2 is 2.07 bits per heavy atom. The molecule has 0 aliphatic rings. The first kappa shape index (κ1) is 12.9. The maximum Gasteiger partial charge on any atom is 0.323 e. The molecule has 0 fully saturated rings. The molecule has 0 radical (unpaired) electrons. The summed E-state index contributed by atoms with van der Waals surface area (Å²) < 4.78 is 9.11. The van der Waals surface area contributed by atoms with Crippen molar-refractivity contribution in [2.24, 2.45) is 0 Å². The minimum atomic E-state index is -0.505. The fourth-order valence-electron chi connectivity index (χ4n) is 0.724. The zero-order valence-corrected chi connectivity index (χ0v) is 8.62. The van der Waals surface area contributed by atoms with Gasteiger partial charge in [-0.05, 0) is 13.8 Å². The summed E-state index contributed by atoms with van der Waals surface area (Å²) in [5.41, 5.74) is 5.16. The van der Waals surface area contributed by atoms with E-state index in [4.69, 9.17) is 0 Å². The van der Waals surface area contributed by atoms with E-state index in [0.29, 0.717) is 6.61 Å². The average molecular weight is 204 g/mol. The smallest absolute Gasteiger partial charge is 0.323 e. The number of hydrazine groups is 1. The number of methoxy groups -OCH3 is 1. The molecule has 1 atom stereocenters. The van der Waals surface area contributed by atoms with Gasteiger partial charge in [-0.1, -0.05) is 0 Å².